The quantitative estimate of drug-likeness (QED) is 0.760. The van der Waals surface area contributed by atoms with Crippen molar-refractivity contribution in [1.82, 2.24) is 4.90 Å². The second-order valence-electron chi connectivity index (χ2n) is 5.94. The highest BCUT2D eigenvalue weighted by Crippen LogP contribution is 2.30. The van der Waals surface area contributed by atoms with E-state index >= 15 is 0 Å². The first-order valence-corrected chi connectivity index (χ1v) is 6.23. The van der Waals surface area contributed by atoms with E-state index in [0.29, 0.717) is 0 Å². The van der Waals surface area contributed by atoms with Crippen LogP contribution in [-0.4, -0.2) is 35.0 Å². The lowest BCUT2D eigenvalue weighted by Gasteiger charge is -2.29. The van der Waals surface area contributed by atoms with Crippen LogP contribution in [0.5, 0.6) is 0 Å². The molecule has 0 aromatic heterocycles. The highest BCUT2D eigenvalue weighted by molar-refractivity contribution is 5.87. The molecule has 0 heterocycles. The first-order chi connectivity index (χ1) is 7.70. The Kier molecular flexibility index (Phi) is 4.17. The Morgan fingerprint density at radius 1 is 1.29 bits per heavy atom. The standard InChI is InChI=1S/C13H23NO3/c1-9(2)14(8-11(15)10-6-7-10)12(16)17-13(3,4)5/h9-10H,6-8H2,1-5H3. The number of carbonyl (C=O) groups is 2. The van der Waals surface area contributed by atoms with Gasteiger partial charge in [-0.25, -0.2) is 4.79 Å². The van der Waals surface area contributed by atoms with Crippen LogP contribution in [0.2, 0.25) is 0 Å². The molecule has 1 fully saturated rings. The van der Waals surface area contributed by atoms with E-state index in [1.165, 1.54) is 4.90 Å². The number of rotatable bonds is 4. The molecule has 17 heavy (non-hydrogen) atoms. The lowest BCUT2D eigenvalue weighted by Crippen LogP contribution is -2.44. The molecular weight excluding hydrogens is 218 g/mol. The van der Waals surface area contributed by atoms with E-state index in [1.54, 1.807) is 0 Å². The number of amides is 1. The average Bonchev–Trinajstić information content (AvgIpc) is 2.92. The zero-order chi connectivity index (χ0) is 13.2. The largest absolute Gasteiger partial charge is 0.444 e. The van der Waals surface area contributed by atoms with Crippen LogP contribution in [-0.2, 0) is 9.53 Å². The van der Waals surface area contributed by atoms with E-state index in [9.17, 15) is 9.59 Å². The fraction of sp³-hybridized carbons (Fsp3) is 0.846. The molecular formula is C13H23NO3. The minimum absolute atomic E-state index is 0.0208. The van der Waals surface area contributed by atoms with Crippen molar-refractivity contribution in [2.75, 3.05) is 6.54 Å². The topological polar surface area (TPSA) is 46.6 Å². The van der Waals surface area contributed by atoms with Crippen molar-refractivity contribution in [2.45, 2.75) is 59.1 Å². The fourth-order valence-electron chi connectivity index (χ4n) is 1.48. The summed E-state index contributed by atoms with van der Waals surface area (Å²) >= 11 is 0. The second kappa shape index (κ2) is 5.07. The number of ketones is 1. The van der Waals surface area contributed by atoms with Crippen LogP contribution >= 0.6 is 0 Å². The van der Waals surface area contributed by atoms with Gasteiger partial charge in [0.2, 0.25) is 0 Å². The van der Waals surface area contributed by atoms with Gasteiger partial charge >= 0.3 is 6.09 Å². The van der Waals surface area contributed by atoms with Crippen molar-refractivity contribution in [3.05, 3.63) is 0 Å². The van der Waals surface area contributed by atoms with E-state index in [1.807, 2.05) is 34.6 Å². The van der Waals surface area contributed by atoms with Crippen molar-refractivity contribution in [3.63, 3.8) is 0 Å². The Morgan fingerprint density at radius 3 is 2.18 bits per heavy atom. The van der Waals surface area contributed by atoms with Gasteiger partial charge in [0.15, 0.2) is 5.78 Å². The lowest BCUT2D eigenvalue weighted by molar-refractivity contribution is -0.121. The predicted molar refractivity (Wildman–Crippen MR) is 65.8 cm³/mol. The zero-order valence-corrected chi connectivity index (χ0v) is 11.4. The second-order valence-corrected chi connectivity index (χ2v) is 5.94. The van der Waals surface area contributed by atoms with Crippen molar-refractivity contribution < 1.29 is 14.3 Å². The first-order valence-electron chi connectivity index (χ1n) is 6.23. The molecule has 0 radical (unpaired) electrons. The molecule has 4 nitrogen and oxygen atoms in total. The van der Waals surface area contributed by atoms with Gasteiger partial charge in [0.05, 0.1) is 6.54 Å². The number of hydrogen-bond acceptors (Lipinski definition) is 3. The van der Waals surface area contributed by atoms with Gasteiger partial charge in [0.25, 0.3) is 0 Å². The molecule has 98 valence electrons. The normalized spacial score (nSPS) is 15.9. The number of ether oxygens (including phenoxy) is 1. The van der Waals surface area contributed by atoms with Gasteiger partial charge in [0, 0.05) is 12.0 Å². The molecule has 0 N–H and O–H groups in total. The van der Waals surface area contributed by atoms with Crippen molar-refractivity contribution in [2.24, 2.45) is 5.92 Å². The Hall–Kier alpha value is -1.06. The SMILES string of the molecule is CC(C)N(CC(=O)C1CC1)C(=O)OC(C)(C)C. The van der Waals surface area contributed by atoms with Gasteiger partial charge in [-0.1, -0.05) is 0 Å². The highest BCUT2D eigenvalue weighted by atomic mass is 16.6. The molecule has 4 heteroatoms. The maximum absolute atomic E-state index is 11.9. The van der Waals surface area contributed by atoms with Gasteiger partial charge in [-0.3, -0.25) is 9.69 Å². The third kappa shape index (κ3) is 4.75. The molecule has 0 unspecified atom stereocenters. The summed E-state index contributed by atoms with van der Waals surface area (Å²) in [6, 6.07) is -0.0208. The molecule has 1 aliphatic rings. The Bertz CT molecular complexity index is 300. The van der Waals surface area contributed by atoms with Crippen LogP contribution in [0.25, 0.3) is 0 Å². The smallest absolute Gasteiger partial charge is 0.410 e. The van der Waals surface area contributed by atoms with E-state index in [2.05, 4.69) is 0 Å². The number of Topliss-reactive ketones (excluding diaryl/α,β-unsaturated/α-hetero) is 1. The molecule has 0 atom stereocenters. The van der Waals surface area contributed by atoms with Crippen LogP contribution < -0.4 is 0 Å². The number of nitrogens with zero attached hydrogens (tertiary/aromatic N) is 1. The molecule has 0 aromatic carbocycles. The molecule has 1 rings (SSSR count). The molecule has 0 bridgehead atoms. The molecule has 0 aliphatic heterocycles. The van der Waals surface area contributed by atoms with Crippen molar-refractivity contribution in [1.29, 1.82) is 0 Å². The Morgan fingerprint density at radius 2 is 1.82 bits per heavy atom. The maximum atomic E-state index is 11.9. The third-order valence-corrected chi connectivity index (χ3v) is 2.61. The van der Waals surface area contributed by atoms with Crippen LogP contribution in [0.4, 0.5) is 4.79 Å². The highest BCUT2D eigenvalue weighted by Gasteiger charge is 2.33. The minimum atomic E-state index is -0.521. The van der Waals surface area contributed by atoms with E-state index < -0.39 is 11.7 Å². The Labute approximate surface area is 103 Å². The summed E-state index contributed by atoms with van der Waals surface area (Å²) in [4.78, 5) is 25.2. The fourth-order valence-corrected chi connectivity index (χ4v) is 1.48. The minimum Gasteiger partial charge on any atom is -0.444 e. The number of hydrogen-bond donors (Lipinski definition) is 0. The summed E-state index contributed by atoms with van der Waals surface area (Å²) in [6.07, 6.45) is 1.54. The van der Waals surface area contributed by atoms with Crippen LogP contribution in [0.1, 0.15) is 47.5 Å². The molecule has 0 spiro atoms. The van der Waals surface area contributed by atoms with E-state index in [-0.39, 0.29) is 24.3 Å². The zero-order valence-electron chi connectivity index (χ0n) is 11.4. The summed E-state index contributed by atoms with van der Waals surface area (Å²) in [6.45, 7) is 9.44. The first kappa shape index (κ1) is 14.0. The van der Waals surface area contributed by atoms with E-state index in [0.717, 1.165) is 12.8 Å². The maximum Gasteiger partial charge on any atom is 0.410 e. The van der Waals surface area contributed by atoms with E-state index in [4.69, 9.17) is 4.74 Å². The Balaban J connectivity index is 2.58. The molecule has 0 saturated heterocycles. The third-order valence-electron chi connectivity index (χ3n) is 2.61. The van der Waals surface area contributed by atoms with Crippen LogP contribution in [0.3, 0.4) is 0 Å². The van der Waals surface area contributed by atoms with Crippen molar-refractivity contribution >= 4 is 11.9 Å². The van der Waals surface area contributed by atoms with Gasteiger partial charge in [-0.15, -0.1) is 0 Å². The molecule has 0 aromatic rings. The average molecular weight is 241 g/mol. The van der Waals surface area contributed by atoms with Gasteiger partial charge in [-0.05, 0) is 47.5 Å². The predicted octanol–water partition coefficient (Wildman–Crippen LogP) is 2.61. The molecule has 1 aliphatic carbocycles. The summed E-state index contributed by atoms with van der Waals surface area (Å²) in [5.41, 5.74) is -0.521. The monoisotopic (exact) mass is 241 g/mol. The van der Waals surface area contributed by atoms with Crippen LogP contribution in [0, 0.1) is 5.92 Å². The molecule has 1 saturated carbocycles. The summed E-state index contributed by atoms with van der Waals surface area (Å²) in [7, 11) is 0. The molecule has 1 amide bonds. The number of carbonyl (C=O) groups excluding carboxylic acids is 2. The van der Waals surface area contributed by atoms with Gasteiger partial charge in [0.1, 0.15) is 5.60 Å². The summed E-state index contributed by atoms with van der Waals surface area (Å²) < 4.78 is 5.30. The van der Waals surface area contributed by atoms with Crippen LogP contribution in [0.15, 0.2) is 0 Å². The lowest BCUT2D eigenvalue weighted by atomic mass is 10.2. The summed E-state index contributed by atoms with van der Waals surface area (Å²) in [5.74, 6) is 0.336. The van der Waals surface area contributed by atoms with Gasteiger partial charge in [-0.2, -0.15) is 0 Å². The van der Waals surface area contributed by atoms with Gasteiger partial charge < -0.3 is 4.74 Å². The van der Waals surface area contributed by atoms with Crippen molar-refractivity contribution in [3.8, 4) is 0 Å². The summed E-state index contributed by atoms with van der Waals surface area (Å²) in [5, 5.41) is 0.